The average molecular weight is 190 g/mol. The maximum absolute atomic E-state index is 11.1. The fourth-order valence-corrected chi connectivity index (χ4v) is 0.662. The van der Waals surface area contributed by atoms with Gasteiger partial charge >= 0.3 is 6.09 Å². The Bertz CT molecular complexity index is 175. The van der Waals surface area contributed by atoms with Crippen molar-refractivity contribution in [3.05, 3.63) is 0 Å². The standard InChI is InChI=1S/C8H18N2O3/c1-6(9)5-10(12)7(11)13-8(2,3)4/h6,12H,5,9H2,1-4H3. The van der Waals surface area contributed by atoms with Gasteiger partial charge in [0.2, 0.25) is 0 Å². The number of ether oxygens (including phenoxy) is 1. The van der Waals surface area contributed by atoms with Crippen LogP contribution in [0.15, 0.2) is 0 Å². The molecule has 0 saturated carbocycles. The maximum atomic E-state index is 11.1. The van der Waals surface area contributed by atoms with Crippen LogP contribution in [0.1, 0.15) is 27.7 Å². The molecule has 0 saturated heterocycles. The van der Waals surface area contributed by atoms with E-state index in [1.165, 1.54) is 0 Å². The van der Waals surface area contributed by atoms with Gasteiger partial charge in [-0.05, 0) is 27.7 Å². The predicted molar refractivity (Wildman–Crippen MR) is 48.4 cm³/mol. The summed E-state index contributed by atoms with van der Waals surface area (Å²) >= 11 is 0. The summed E-state index contributed by atoms with van der Waals surface area (Å²) in [5, 5.41) is 9.61. The van der Waals surface area contributed by atoms with Crippen LogP contribution in [0, 0.1) is 0 Å². The molecule has 3 N–H and O–H groups in total. The van der Waals surface area contributed by atoms with Gasteiger partial charge in [-0.3, -0.25) is 5.21 Å². The third kappa shape index (κ3) is 6.36. The molecule has 0 aliphatic carbocycles. The van der Waals surface area contributed by atoms with E-state index in [4.69, 9.17) is 15.7 Å². The molecule has 0 radical (unpaired) electrons. The van der Waals surface area contributed by atoms with Crippen LogP contribution in [0.5, 0.6) is 0 Å². The molecule has 5 nitrogen and oxygen atoms in total. The molecule has 0 aromatic rings. The van der Waals surface area contributed by atoms with E-state index < -0.39 is 11.7 Å². The van der Waals surface area contributed by atoms with Gasteiger partial charge in [0.05, 0.1) is 6.54 Å². The molecule has 0 aliphatic rings. The molecule has 0 spiro atoms. The Hall–Kier alpha value is -0.810. The molecule has 1 atom stereocenters. The summed E-state index contributed by atoms with van der Waals surface area (Å²) in [6.07, 6.45) is -0.773. The first-order chi connectivity index (χ1) is 5.72. The second kappa shape index (κ2) is 4.43. The lowest BCUT2D eigenvalue weighted by Gasteiger charge is -2.23. The summed E-state index contributed by atoms with van der Waals surface area (Å²) in [7, 11) is 0. The highest BCUT2D eigenvalue weighted by Crippen LogP contribution is 2.08. The minimum absolute atomic E-state index is 0.0644. The predicted octanol–water partition coefficient (Wildman–Crippen LogP) is 0.960. The molecule has 0 rings (SSSR count). The largest absolute Gasteiger partial charge is 0.442 e. The molecule has 0 bridgehead atoms. The smallest absolute Gasteiger partial charge is 0.434 e. The second-order valence-electron chi connectivity index (χ2n) is 4.04. The Morgan fingerprint density at radius 2 is 2.08 bits per heavy atom. The first kappa shape index (κ1) is 12.2. The fraction of sp³-hybridized carbons (Fsp3) is 0.875. The van der Waals surface area contributed by atoms with Crippen molar-refractivity contribution in [3.8, 4) is 0 Å². The number of carbonyl (C=O) groups excluding carboxylic acids is 1. The van der Waals surface area contributed by atoms with Gasteiger partial charge in [0.1, 0.15) is 5.60 Å². The molecule has 78 valence electrons. The zero-order valence-corrected chi connectivity index (χ0v) is 8.57. The van der Waals surface area contributed by atoms with E-state index in [9.17, 15) is 4.79 Å². The van der Waals surface area contributed by atoms with Crippen molar-refractivity contribution in [1.29, 1.82) is 0 Å². The van der Waals surface area contributed by atoms with Crippen LogP contribution >= 0.6 is 0 Å². The molecule has 0 aliphatic heterocycles. The van der Waals surface area contributed by atoms with Crippen molar-refractivity contribution in [2.75, 3.05) is 6.54 Å². The molecular weight excluding hydrogens is 172 g/mol. The van der Waals surface area contributed by atoms with Crippen LogP contribution < -0.4 is 5.73 Å². The highest BCUT2D eigenvalue weighted by atomic mass is 16.6. The number of hydroxylamine groups is 2. The number of nitrogens with zero attached hydrogens (tertiary/aromatic N) is 1. The summed E-state index contributed by atoms with van der Waals surface area (Å²) in [6.45, 7) is 6.93. The fourth-order valence-electron chi connectivity index (χ4n) is 0.662. The molecule has 0 fully saturated rings. The Morgan fingerprint density at radius 1 is 1.62 bits per heavy atom. The quantitative estimate of drug-likeness (QED) is 0.502. The Balaban J connectivity index is 3.97. The van der Waals surface area contributed by atoms with Gasteiger partial charge in [-0.2, -0.15) is 5.06 Å². The monoisotopic (exact) mass is 190 g/mol. The molecule has 0 heterocycles. The number of carbonyl (C=O) groups is 1. The molecule has 13 heavy (non-hydrogen) atoms. The van der Waals surface area contributed by atoms with Crippen LogP contribution in [0.3, 0.4) is 0 Å². The minimum atomic E-state index is -0.773. The third-order valence-corrected chi connectivity index (χ3v) is 1.07. The lowest BCUT2D eigenvalue weighted by atomic mass is 10.2. The summed E-state index contributed by atoms with van der Waals surface area (Å²) < 4.78 is 4.88. The van der Waals surface area contributed by atoms with Crippen LogP contribution in [0.2, 0.25) is 0 Å². The van der Waals surface area contributed by atoms with E-state index in [1.807, 2.05) is 0 Å². The third-order valence-electron chi connectivity index (χ3n) is 1.07. The number of hydrogen-bond donors (Lipinski definition) is 2. The SMILES string of the molecule is CC(N)CN(O)C(=O)OC(C)(C)C. The lowest BCUT2D eigenvalue weighted by Crippen LogP contribution is -2.40. The Kier molecular flexibility index (Phi) is 4.16. The normalized spacial score (nSPS) is 13.7. The van der Waals surface area contributed by atoms with E-state index >= 15 is 0 Å². The maximum Gasteiger partial charge on any atom is 0.434 e. The van der Waals surface area contributed by atoms with Crippen molar-refractivity contribution in [1.82, 2.24) is 5.06 Å². The first-order valence-corrected chi connectivity index (χ1v) is 4.17. The highest BCUT2D eigenvalue weighted by Gasteiger charge is 2.21. The van der Waals surface area contributed by atoms with E-state index in [-0.39, 0.29) is 12.6 Å². The van der Waals surface area contributed by atoms with Crippen LogP contribution in [0.25, 0.3) is 0 Å². The van der Waals surface area contributed by atoms with E-state index in [1.54, 1.807) is 27.7 Å². The van der Waals surface area contributed by atoms with E-state index in [2.05, 4.69) is 0 Å². The zero-order valence-electron chi connectivity index (χ0n) is 8.57. The summed E-state index contributed by atoms with van der Waals surface area (Å²) in [5.41, 5.74) is 4.78. The van der Waals surface area contributed by atoms with Crippen molar-refractivity contribution in [2.24, 2.45) is 5.73 Å². The second-order valence-corrected chi connectivity index (χ2v) is 4.04. The van der Waals surface area contributed by atoms with Crippen molar-refractivity contribution in [3.63, 3.8) is 0 Å². The molecule has 1 unspecified atom stereocenters. The summed E-state index contributed by atoms with van der Waals surface area (Å²) in [4.78, 5) is 11.1. The summed E-state index contributed by atoms with van der Waals surface area (Å²) in [6, 6.07) is -0.280. The number of nitrogens with two attached hydrogens (primary N) is 1. The molecular formula is C8H18N2O3. The highest BCUT2D eigenvalue weighted by molar-refractivity contribution is 5.66. The van der Waals surface area contributed by atoms with Crippen LogP contribution in [-0.2, 0) is 4.74 Å². The van der Waals surface area contributed by atoms with Gasteiger partial charge in [0.25, 0.3) is 0 Å². The van der Waals surface area contributed by atoms with Gasteiger partial charge < -0.3 is 10.5 Å². The lowest BCUT2D eigenvalue weighted by molar-refractivity contribution is -0.0956. The number of rotatable bonds is 2. The average Bonchev–Trinajstić information content (AvgIpc) is 1.81. The van der Waals surface area contributed by atoms with Crippen LogP contribution in [-0.4, -0.2) is 34.6 Å². The van der Waals surface area contributed by atoms with Crippen molar-refractivity contribution >= 4 is 6.09 Å². The van der Waals surface area contributed by atoms with Crippen molar-refractivity contribution < 1.29 is 14.7 Å². The number of hydrogen-bond acceptors (Lipinski definition) is 4. The molecule has 1 amide bonds. The first-order valence-electron chi connectivity index (χ1n) is 4.17. The Labute approximate surface area is 78.4 Å². The number of amides is 1. The molecule has 5 heteroatoms. The van der Waals surface area contributed by atoms with Gasteiger partial charge in [0.15, 0.2) is 0 Å². The molecule has 0 aromatic heterocycles. The van der Waals surface area contributed by atoms with E-state index in [0.29, 0.717) is 5.06 Å². The van der Waals surface area contributed by atoms with Crippen LogP contribution in [0.4, 0.5) is 4.79 Å². The summed E-state index contributed by atoms with van der Waals surface area (Å²) in [5.74, 6) is 0. The van der Waals surface area contributed by atoms with Crippen molar-refractivity contribution in [2.45, 2.75) is 39.3 Å². The Morgan fingerprint density at radius 3 is 2.38 bits per heavy atom. The van der Waals surface area contributed by atoms with Gasteiger partial charge in [-0.25, -0.2) is 4.79 Å². The zero-order chi connectivity index (χ0) is 10.6. The van der Waals surface area contributed by atoms with Gasteiger partial charge in [0, 0.05) is 6.04 Å². The topological polar surface area (TPSA) is 75.8 Å². The van der Waals surface area contributed by atoms with E-state index in [0.717, 1.165) is 0 Å². The van der Waals surface area contributed by atoms with Gasteiger partial charge in [-0.15, -0.1) is 0 Å². The molecule has 0 aromatic carbocycles. The van der Waals surface area contributed by atoms with Gasteiger partial charge in [-0.1, -0.05) is 0 Å². The minimum Gasteiger partial charge on any atom is -0.442 e.